The fourth-order valence-electron chi connectivity index (χ4n) is 3.63. The van der Waals surface area contributed by atoms with Crippen molar-refractivity contribution in [1.82, 2.24) is 19.4 Å². The second kappa shape index (κ2) is 9.57. The molecule has 1 fully saturated rings. The predicted octanol–water partition coefficient (Wildman–Crippen LogP) is 4.19. The van der Waals surface area contributed by atoms with Crippen LogP contribution in [0, 0.1) is 0 Å². The Balaban J connectivity index is 1.40. The number of hydrogen-bond donors (Lipinski definition) is 2. The molecule has 2 amide bonds. The zero-order valence-electron chi connectivity index (χ0n) is 16.8. The lowest BCUT2D eigenvalue weighted by Crippen LogP contribution is -2.41. The van der Waals surface area contributed by atoms with Gasteiger partial charge in [-0.3, -0.25) is 15.1 Å². The molecule has 0 aromatic carbocycles. The van der Waals surface area contributed by atoms with E-state index in [2.05, 4.69) is 15.3 Å². The Labute approximate surface area is 183 Å². The first kappa shape index (κ1) is 20.8. The number of hydrogen-bond acceptors (Lipinski definition) is 5. The molecule has 0 saturated carbocycles. The minimum absolute atomic E-state index is 0.137. The molecule has 0 aliphatic carbocycles. The Morgan fingerprint density at radius 2 is 2.10 bits per heavy atom. The molecule has 2 N–H and O–H groups in total. The van der Waals surface area contributed by atoms with Crippen LogP contribution in [0.25, 0.3) is 6.08 Å². The van der Waals surface area contributed by atoms with Crippen LogP contribution in [0.1, 0.15) is 41.0 Å². The summed E-state index contributed by atoms with van der Waals surface area (Å²) in [5.74, 6) is -0.228. The van der Waals surface area contributed by atoms with E-state index in [0.29, 0.717) is 29.6 Å². The monoisotopic (exact) mass is 437 g/mol. The van der Waals surface area contributed by atoms with Crippen LogP contribution >= 0.6 is 11.3 Å². The third-order valence-corrected chi connectivity index (χ3v) is 5.97. The molecule has 1 atom stereocenters. The summed E-state index contributed by atoms with van der Waals surface area (Å²) in [7, 11) is 0. The third-order valence-electron chi connectivity index (χ3n) is 5.19. The fraction of sp³-hybridized carbons (Fsp3) is 0.273. The summed E-state index contributed by atoms with van der Waals surface area (Å²) in [6.07, 6.45) is 10.9. The molecule has 0 bridgehead atoms. The number of nitrogens with one attached hydrogen (secondary N) is 1. The lowest BCUT2D eigenvalue weighted by atomic mass is 10.0. The van der Waals surface area contributed by atoms with Gasteiger partial charge in [-0.1, -0.05) is 6.08 Å². The van der Waals surface area contributed by atoms with E-state index in [9.17, 15) is 14.7 Å². The third kappa shape index (κ3) is 5.18. The van der Waals surface area contributed by atoms with E-state index >= 15 is 0 Å². The van der Waals surface area contributed by atoms with E-state index in [1.165, 1.54) is 16.2 Å². The predicted molar refractivity (Wildman–Crippen MR) is 119 cm³/mol. The lowest BCUT2D eigenvalue weighted by Gasteiger charge is -2.31. The molecular formula is C22H23N5O3S. The molecule has 4 rings (SSSR count). The Morgan fingerprint density at radius 1 is 1.26 bits per heavy atom. The first-order valence-electron chi connectivity index (χ1n) is 10.1. The molecule has 1 aliphatic heterocycles. The molecule has 1 saturated heterocycles. The number of thiazole rings is 1. The minimum atomic E-state index is -0.893. The van der Waals surface area contributed by atoms with E-state index in [4.69, 9.17) is 0 Å². The zero-order chi connectivity index (χ0) is 21.6. The number of rotatable bonds is 6. The number of carbonyl (C=O) groups is 2. The summed E-state index contributed by atoms with van der Waals surface area (Å²) in [6.45, 7) is 1.13. The van der Waals surface area contributed by atoms with Crippen LogP contribution in [-0.4, -0.2) is 49.1 Å². The summed E-state index contributed by atoms with van der Waals surface area (Å²) in [5.41, 5.74) is 2.30. The van der Waals surface area contributed by atoms with Gasteiger partial charge in [-0.2, -0.15) is 0 Å². The highest BCUT2D eigenvalue weighted by Crippen LogP contribution is 2.21. The zero-order valence-corrected chi connectivity index (χ0v) is 17.7. The number of nitrogens with zero attached hydrogens (tertiary/aromatic N) is 4. The van der Waals surface area contributed by atoms with Crippen molar-refractivity contribution in [2.75, 3.05) is 11.9 Å². The number of piperidine rings is 1. The number of carboxylic acid groups (broad SMARTS) is 1. The Morgan fingerprint density at radius 3 is 2.90 bits per heavy atom. The topological polar surface area (TPSA) is 100 Å². The van der Waals surface area contributed by atoms with Gasteiger partial charge in [0.05, 0.1) is 11.7 Å². The Kier molecular flexibility index (Phi) is 6.42. The van der Waals surface area contributed by atoms with Gasteiger partial charge in [-0.15, -0.1) is 11.3 Å². The van der Waals surface area contributed by atoms with Crippen molar-refractivity contribution in [3.63, 3.8) is 0 Å². The van der Waals surface area contributed by atoms with Crippen molar-refractivity contribution in [2.24, 2.45) is 0 Å². The van der Waals surface area contributed by atoms with E-state index in [0.717, 1.165) is 24.8 Å². The molecule has 4 heterocycles. The van der Waals surface area contributed by atoms with E-state index in [-0.39, 0.29) is 11.9 Å². The van der Waals surface area contributed by atoms with Gasteiger partial charge in [0.25, 0.3) is 5.91 Å². The first-order valence-corrected chi connectivity index (χ1v) is 11.0. The van der Waals surface area contributed by atoms with Gasteiger partial charge in [0.15, 0.2) is 5.13 Å². The van der Waals surface area contributed by atoms with Gasteiger partial charge >= 0.3 is 6.09 Å². The van der Waals surface area contributed by atoms with Crippen molar-refractivity contribution in [3.8, 4) is 0 Å². The first-order chi connectivity index (χ1) is 15.1. The number of anilines is 1. The van der Waals surface area contributed by atoms with Crippen molar-refractivity contribution in [2.45, 2.75) is 31.8 Å². The molecule has 31 heavy (non-hydrogen) atoms. The average molecular weight is 438 g/mol. The van der Waals surface area contributed by atoms with Crippen molar-refractivity contribution < 1.29 is 14.7 Å². The maximum Gasteiger partial charge on any atom is 0.407 e. The smallest absolute Gasteiger partial charge is 0.407 e. The fourth-order valence-corrected chi connectivity index (χ4v) is 4.30. The molecule has 1 aliphatic rings. The molecule has 9 heteroatoms. The van der Waals surface area contributed by atoms with Crippen LogP contribution in [0.2, 0.25) is 0 Å². The summed E-state index contributed by atoms with van der Waals surface area (Å²) >= 11 is 1.34. The second-order valence-corrected chi connectivity index (χ2v) is 8.16. The van der Waals surface area contributed by atoms with Crippen molar-refractivity contribution in [1.29, 1.82) is 0 Å². The van der Waals surface area contributed by atoms with Gasteiger partial charge in [-0.25, -0.2) is 9.78 Å². The van der Waals surface area contributed by atoms with E-state index in [1.54, 1.807) is 18.5 Å². The van der Waals surface area contributed by atoms with Crippen LogP contribution < -0.4 is 5.32 Å². The van der Waals surface area contributed by atoms with Crippen LogP contribution in [-0.2, 0) is 6.54 Å². The van der Waals surface area contributed by atoms with Gasteiger partial charge in [-0.05, 0) is 55.2 Å². The maximum atomic E-state index is 12.8. The summed E-state index contributed by atoms with van der Waals surface area (Å²) in [6, 6.07) is 7.30. The minimum Gasteiger partial charge on any atom is -0.465 e. The highest BCUT2D eigenvalue weighted by Gasteiger charge is 2.24. The van der Waals surface area contributed by atoms with E-state index < -0.39 is 6.09 Å². The Bertz CT molecular complexity index is 1080. The number of pyridine rings is 1. The molecule has 0 unspecified atom stereocenters. The van der Waals surface area contributed by atoms with Crippen molar-refractivity contribution >= 4 is 34.5 Å². The SMILES string of the molecule is O=C(Nc1nc(C=C[C@@H]2CCCCN2C(=O)O)cs1)c1cccn1Cc1ccncc1. The maximum absolute atomic E-state index is 12.8. The van der Waals surface area contributed by atoms with Crippen LogP contribution in [0.5, 0.6) is 0 Å². The molecule has 0 radical (unpaired) electrons. The highest BCUT2D eigenvalue weighted by molar-refractivity contribution is 7.14. The molecule has 160 valence electrons. The summed E-state index contributed by atoms with van der Waals surface area (Å²) < 4.78 is 1.88. The number of carbonyl (C=O) groups excluding carboxylic acids is 1. The molecule has 3 aromatic heterocycles. The lowest BCUT2D eigenvalue weighted by molar-refractivity contribution is 0.101. The average Bonchev–Trinajstić information content (AvgIpc) is 3.42. The number of aromatic nitrogens is 3. The van der Waals surface area contributed by atoms with Crippen LogP contribution in [0.3, 0.4) is 0 Å². The number of amides is 2. The quantitative estimate of drug-likeness (QED) is 0.602. The highest BCUT2D eigenvalue weighted by atomic mass is 32.1. The van der Waals surface area contributed by atoms with Gasteiger partial charge < -0.3 is 14.6 Å². The second-order valence-electron chi connectivity index (χ2n) is 7.31. The standard InChI is InChI=1S/C22H23N5O3S/c28-20(19-5-3-12-26(19)14-16-8-10-23-11-9-16)25-21-24-17(15-31-21)6-7-18-4-1-2-13-27(18)22(29)30/h3,5-12,15,18H,1-2,4,13-14H2,(H,29,30)(H,24,25,28)/t18-/m0/s1. The largest absolute Gasteiger partial charge is 0.465 e. The molecular weight excluding hydrogens is 414 g/mol. The molecule has 0 spiro atoms. The summed E-state index contributed by atoms with van der Waals surface area (Å²) in [4.78, 5) is 34.1. The van der Waals surface area contributed by atoms with Crippen LogP contribution in [0.15, 0.2) is 54.3 Å². The van der Waals surface area contributed by atoms with E-state index in [1.807, 2.05) is 46.5 Å². The Hall–Kier alpha value is -3.46. The van der Waals surface area contributed by atoms with Crippen molar-refractivity contribution in [3.05, 3.63) is 71.3 Å². The van der Waals surface area contributed by atoms with Gasteiger partial charge in [0.1, 0.15) is 5.69 Å². The van der Waals surface area contributed by atoms with Gasteiger partial charge in [0.2, 0.25) is 0 Å². The molecule has 8 nitrogen and oxygen atoms in total. The summed E-state index contributed by atoms with van der Waals surface area (Å²) in [5, 5.41) is 14.5. The normalized spacial score (nSPS) is 16.5. The number of likely N-dealkylation sites (tertiary alicyclic amines) is 1. The molecule has 3 aromatic rings. The van der Waals surface area contributed by atoms with Crippen LogP contribution in [0.4, 0.5) is 9.93 Å². The van der Waals surface area contributed by atoms with Gasteiger partial charge in [0, 0.05) is 37.1 Å².